The fraction of sp³-hybridized carbons (Fsp3) is 0.632. The average Bonchev–Trinajstić information content (AvgIpc) is 2.89. The molecule has 1 amide bonds. The lowest BCUT2D eigenvalue weighted by atomic mass is 9.89. The molecular weight excluding hydrogens is 302 g/mol. The van der Waals surface area contributed by atoms with Gasteiger partial charge in [0.25, 0.3) is 0 Å². The number of piperidine rings is 1. The number of carbonyl (C=O) groups excluding carboxylic acids is 1. The molecule has 0 radical (unpaired) electrons. The minimum Gasteiger partial charge on any atom is -0.379 e. The van der Waals surface area contributed by atoms with Gasteiger partial charge >= 0.3 is 0 Å². The molecule has 4 rings (SSSR count). The summed E-state index contributed by atoms with van der Waals surface area (Å²) < 4.78 is 5.40. The molecule has 0 bridgehead atoms. The van der Waals surface area contributed by atoms with Crippen molar-refractivity contribution in [3.63, 3.8) is 0 Å². The molecular formula is C19H27N3O2. The zero-order valence-corrected chi connectivity index (χ0v) is 14.7. The summed E-state index contributed by atoms with van der Waals surface area (Å²) in [6.45, 7) is 7.95. The summed E-state index contributed by atoms with van der Waals surface area (Å²) in [6, 6.07) is 6.90. The number of carbonyl (C=O) groups is 1. The molecule has 3 heterocycles. The normalized spacial score (nSPS) is 27.8. The number of amides is 1. The molecule has 1 aromatic rings. The maximum Gasteiger partial charge on any atom is 0.241 e. The molecule has 1 aromatic carbocycles. The Morgan fingerprint density at radius 1 is 1.25 bits per heavy atom. The Bertz CT molecular complexity index is 627. The van der Waals surface area contributed by atoms with Gasteiger partial charge in [-0.2, -0.15) is 0 Å². The Morgan fingerprint density at radius 2 is 2.04 bits per heavy atom. The lowest BCUT2D eigenvalue weighted by molar-refractivity contribution is -0.121. The van der Waals surface area contributed by atoms with Gasteiger partial charge in [-0.3, -0.25) is 9.69 Å². The maximum atomic E-state index is 13.1. The van der Waals surface area contributed by atoms with E-state index in [9.17, 15) is 4.79 Å². The van der Waals surface area contributed by atoms with Crippen LogP contribution < -0.4 is 4.90 Å². The smallest absolute Gasteiger partial charge is 0.241 e. The third kappa shape index (κ3) is 2.85. The third-order valence-corrected chi connectivity index (χ3v) is 5.68. The van der Waals surface area contributed by atoms with Crippen LogP contribution in [0.2, 0.25) is 0 Å². The number of anilines is 1. The van der Waals surface area contributed by atoms with Gasteiger partial charge in [-0.05, 0) is 38.6 Å². The number of aryl methyl sites for hydroxylation is 1. The minimum absolute atomic E-state index is 0.249. The SMILES string of the molecule is Cc1ccc2c(c1)C1CN(C)CCC1N2C(=O)CN1CCOCC1. The second-order valence-corrected chi connectivity index (χ2v) is 7.44. The van der Waals surface area contributed by atoms with Gasteiger partial charge in [0.1, 0.15) is 0 Å². The number of hydrogen-bond acceptors (Lipinski definition) is 4. The molecule has 0 saturated carbocycles. The molecule has 24 heavy (non-hydrogen) atoms. The summed E-state index contributed by atoms with van der Waals surface area (Å²) in [7, 11) is 2.18. The summed E-state index contributed by atoms with van der Waals surface area (Å²) >= 11 is 0. The van der Waals surface area contributed by atoms with Gasteiger partial charge in [-0.25, -0.2) is 0 Å². The Hall–Kier alpha value is -1.43. The minimum atomic E-state index is 0.249. The van der Waals surface area contributed by atoms with E-state index in [2.05, 4.69) is 46.9 Å². The fourth-order valence-electron chi connectivity index (χ4n) is 4.43. The van der Waals surface area contributed by atoms with Crippen LogP contribution in [-0.4, -0.2) is 74.7 Å². The first kappa shape index (κ1) is 16.1. The number of nitrogens with zero attached hydrogens (tertiary/aromatic N) is 3. The van der Waals surface area contributed by atoms with Crippen LogP contribution >= 0.6 is 0 Å². The maximum absolute atomic E-state index is 13.1. The molecule has 5 nitrogen and oxygen atoms in total. The van der Waals surface area contributed by atoms with Crippen LogP contribution in [0.4, 0.5) is 5.69 Å². The molecule has 2 fully saturated rings. The molecule has 0 spiro atoms. The Balaban J connectivity index is 1.60. The van der Waals surface area contributed by atoms with E-state index in [1.54, 1.807) is 0 Å². The first-order valence-corrected chi connectivity index (χ1v) is 9.05. The first-order valence-electron chi connectivity index (χ1n) is 9.05. The summed E-state index contributed by atoms with van der Waals surface area (Å²) in [4.78, 5) is 19.9. The highest BCUT2D eigenvalue weighted by Crippen LogP contribution is 2.44. The molecule has 5 heteroatoms. The van der Waals surface area contributed by atoms with Crippen LogP contribution in [0.3, 0.4) is 0 Å². The van der Waals surface area contributed by atoms with E-state index in [-0.39, 0.29) is 5.91 Å². The van der Waals surface area contributed by atoms with Crippen molar-refractivity contribution < 1.29 is 9.53 Å². The van der Waals surface area contributed by atoms with Crippen molar-refractivity contribution in [3.05, 3.63) is 29.3 Å². The van der Waals surface area contributed by atoms with Crippen LogP contribution in [0.25, 0.3) is 0 Å². The number of likely N-dealkylation sites (N-methyl/N-ethyl adjacent to an activating group) is 1. The summed E-state index contributed by atoms with van der Waals surface area (Å²) in [6.07, 6.45) is 1.06. The fourth-order valence-corrected chi connectivity index (χ4v) is 4.43. The lowest BCUT2D eigenvalue weighted by Crippen LogP contribution is -2.51. The lowest BCUT2D eigenvalue weighted by Gasteiger charge is -2.37. The van der Waals surface area contributed by atoms with E-state index in [0.717, 1.165) is 51.5 Å². The standard InChI is InChI=1S/C19H27N3O2/c1-14-3-4-17-15(11-14)16-12-20(2)6-5-18(16)22(17)19(23)13-21-7-9-24-10-8-21/h3-4,11,16,18H,5-10,12-13H2,1-2H3. The van der Waals surface area contributed by atoms with Gasteiger partial charge < -0.3 is 14.5 Å². The number of rotatable bonds is 2. The van der Waals surface area contributed by atoms with E-state index in [1.165, 1.54) is 11.1 Å². The molecule has 3 aliphatic heterocycles. The highest BCUT2D eigenvalue weighted by atomic mass is 16.5. The largest absolute Gasteiger partial charge is 0.379 e. The Labute approximate surface area is 144 Å². The highest BCUT2D eigenvalue weighted by Gasteiger charge is 2.43. The zero-order chi connectivity index (χ0) is 16.7. The van der Waals surface area contributed by atoms with E-state index < -0.39 is 0 Å². The molecule has 2 saturated heterocycles. The topological polar surface area (TPSA) is 36.0 Å². The number of hydrogen-bond donors (Lipinski definition) is 0. The van der Waals surface area contributed by atoms with Crippen molar-refractivity contribution in [3.8, 4) is 0 Å². The Kier molecular flexibility index (Phi) is 4.33. The van der Waals surface area contributed by atoms with Gasteiger partial charge in [0.15, 0.2) is 0 Å². The monoisotopic (exact) mass is 329 g/mol. The molecule has 3 aliphatic rings. The van der Waals surface area contributed by atoms with Crippen molar-refractivity contribution in [2.75, 3.05) is 57.9 Å². The molecule has 0 aliphatic carbocycles. The predicted octanol–water partition coefficient (Wildman–Crippen LogP) is 1.46. The van der Waals surface area contributed by atoms with Gasteiger partial charge in [0.05, 0.1) is 19.8 Å². The van der Waals surface area contributed by atoms with E-state index in [4.69, 9.17) is 4.74 Å². The van der Waals surface area contributed by atoms with Crippen LogP contribution in [0.15, 0.2) is 18.2 Å². The van der Waals surface area contributed by atoms with Crippen LogP contribution in [0, 0.1) is 6.92 Å². The molecule has 130 valence electrons. The first-order chi connectivity index (χ1) is 11.6. The quantitative estimate of drug-likeness (QED) is 0.823. The number of likely N-dealkylation sites (tertiary alicyclic amines) is 1. The van der Waals surface area contributed by atoms with E-state index in [0.29, 0.717) is 18.5 Å². The van der Waals surface area contributed by atoms with Crippen molar-refractivity contribution >= 4 is 11.6 Å². The van der Waals surface area contributed by atoms with Crippen LogP contribution in [0.5, 0.6) is 0 Å². The van der Waals surface area contributed by atoms with E-state index in [1.807, 2.05) is 0 Å². The highest BCUT2D eigenvalue weighted by molar-refractivity contribution is 5.98. The number of ether oxygens (including phenoxy) is 1. The van der Waals surface area contributed by atoms with Crippen molar-refractivity contribution in [2.24, 2.45) is 0 Å². The summed E-state index contributed by atoms with van der Waals surface area (Å²) in [5, 5.41) is 0. The molecule has 2 atom stereocenters. The second kappa shape index (κ2) is 6.47. The van der Waals surface area contributed by atoms with Crippen LogP contribution in [0.1, 0.15) is 23.5 Å². The molecule has 0 aromatic heterocycles. The number of benzene rings is 1. The number of morpholine rings is 1. The van der Waals surface area contributed by atoms with Crippen LogP contribution in [-0.2, 0) is 9.53 Å². The van der Waals surface area contributed by atoms with Crippen molar-refractivity contribution in [2.45, 2.75) is 25.3 Å². The van der Waals surface area contributed by atoms with Gasteiger partial charge in [0, 0.05) is 37.3 Å². The Morgan fingerprint density at radius 3 is 2.83 bits per heavy atom. The zero-order valence-electron chi connectivity index (χ0n) is 14.7. The van der Waals surface area contributed by atoms with Gasteiger partial charge in [-0.1, -0.05) is 17.7 Å². The van der Waals surface area contributed by atoms with Crippen molar-refractivity contribution in [1.82, 2.24) is 9.80 Å². The predicted molar refractivity (Wildman–Crippen MR) is 94.6 cm³/mol. The van der Waals surface area contributed by atoms with Gasteiger partial charge in [0.2, 0.25) is 5.91 Å². The van der Waals surface area contributed by atoms with E-state index >= 15 is 0 Å². The van der Waals surface area contributed by atoms with Crippen molar-refractivity contribution in [1.29, 1.82) is 0 Å². The van der Waals surface area contributed by atoms with Gasteiger partial charge in [-0.15, -0.1) is 0 Å². The summed E-state index contributed by atoms with van der Waals surface area (Å²) in [5.74, 6) is 0.700. The number of fused-ring (bicyclic) bond motifs is 3. The average molecular weight is 329 g/mol. The molecule has 2 unspecified atom stereocenters. The summed E-state index contributed by atoms with van der Waals surface area (Å²) in [5.41, 5.74) is 3.79. The third-order valence-electron chi connectivity index (χ3n) is 5.68. The second-order valence-electron chi connectivity index (χ2n) is 7.44. The molecule has 0 N–H and O–H groups in total.